The highest BCUT2D eigenvalue weighted by Crippen LogP contribution is 2.31. The van der Waals surface area contributed by atoms with Gasteiger partial charge in [-0.25, -0.2) is 4.39 Å². The number of hydrogen-bond acceptors (Lipinski definition) is 7. The van der Waals surface area contributed by atoms with Gasteiger partial charge < -0.3 is 20.4 Å². The summed E-state index contributed by atoms with van der Waals surface area (Å²) < 4.78 is 19.5. The molecule has 3 aromatic rings. The van der Waals surface area contributed by atoms with Crippen molar-refractivity contribution in [3.05, 3.63) is 88.1 Å². The maximum absolute atomic E-state index is 13.3. The van der Waals surface area contributed by atoms with Crippen LogP contribution < -0.4 is 21.0 Å². The van der Waals surface area contributed by atoms with Crippen molar-refractivity contribution in [2.24, 2.45) is 5.92 Å². The van der Waals surface area contributed by atoms with E-state index in [1.807, 2.05) is 12.1 Å². The average Bonchev–Trinajstić information content (AvgIpc) is 3.64. The smallest absolute Gasteiger partial charge is 0.247 e. The Morgan fingerprint density at radius 2 is 1.81 bits per heavy atom. The molecule has 2 amide bonds. The third kappa shape index (κ3) is 6.40. The molecule has 0 aliphatic carbocycles. The monoisotopic (exact) mass is 541 g/mol. The van der Waals surface area contributed by atoms with Gasteiger partial charge in [0, 0.05) is 29.5 Å². The molecular weight excluding hydrogens is 517 g/mol. The first-order valence-corrected chi connectivity index (χ1v) is 12.9. The highest BCUT2D eigenvalue weighted by molar-refractivity contribution is 7.16. The van der Waals surface area contributed by atoms with Crippen LogP contribution in [0.25, 0.3) is 0 Å². The van der Waals surface area contributed by atoms with Crippen molar-refractivity contribution in [1.82, 2.24) is 20.9 Å². The number of rotatable bonds is 8. The number of hydrazine groups is 2. The fraction of sp³-hybridized carbons (Fsp3) is 0.231. The van der Waals surface area contributed by atoms with Gasteiger partial charge in [0.1, 0.15) is 29.9 Å². The molecule has 1 fully saturated rings. The number of halogens is 2. The van der Waals surface area contributed by atoms with Crippen molar-refractivity contribution in [2.45, 2.75) is 18.9 Å². The molecule has 0 saturated carbocycles. The number of benzene rings is 2. The number of carbonyl (C=O) groups is 2. The molecule has 0 spiro atoms. The second-order valence-electron chi connectivity index (χ2n) is 8.84. The Kier molecular flexibility index (Phi) is 7.59. The minimum atomic E-state index is -0.595. The number of likely N-dealkylation sites (tertiary alicyclic amines) is 1. The van der Waals surface area contributed by atoms with Gasteiger partial charge >= 0.3 is 0 Å². The maximum Gasteiger partial charge on any atom is 0.247 e. The van der Waals surface area contributed by atoms with E-state index in [0.717, 1.165) is 15.6 Å². The molecule has 3 heterocycles. The maximum atomic E-state index is 13.3. The van der Waals surface area contributed by atoms with Crippen LogP contribution in [0.3, 0.4) is 0 Å². The largest absolute Gasteiger partial charge is 0.457 e. The third-order valence-electron chi connectivity index (χ3n) is 6.15. The van der Waals surface area contributed by atoms with Crippen LogP contribution in [0.15, 0.2) is 73.1 Å². The van der Waals surface area contributed by atoms with Crippen molar-refractivity contribution < 1.29 is 18.7 Å². The molecule has 0 radical (unpaired) electrons. The van der Waals surface area contributed by atoms with Crippen LogP contribution in [0.4, 0.5) is 10.1 Å². The van der Waals surface area contributed by atoms with Crippen LogP contribution in [0.2, 0.25) is 4.34 Å². The summed E-state index contributed by atoms with van der Waals surface area (Å²) >= 11 is 7.61. The minimum Gasteiger partial charge on any atom is -0.457 e. The summed E-state index contributed by atoms with van der Waals surface area (Å²) in [5.74, 6) is 0.480. The Balaban J connectivity index is 1.25. The molecule has 192 valence electrons. The van der Waals surface area contributed by atoms with E-state index in [1.165, 1.54) is 23.5 Å². The summed E-state index contributed by atoms with van der Waals surface area (Å²) in [6, 6.07) is 15.9. The fourth-order valence-electron chi connectivity index (χ4n) is 4.43. The quantitative estimate of drug-likeness (QED) is 0.388. The van der Waals surface area contributed by atoms with E-state index < -0.39 is 6.04 Å². The van der Waals surface area contributed by atoms with Crippen LogP contribution in [0, 0.1) is 11.7 Å². The van der Waals surface area contributed by atoms with E-state index in [1.54, 1.807) is 58.7 Å². The molecule has 0 unspecified atom stereocenters. The predicted octanol–water partition coefficient (Wildman–Crippen LogP) is 4.53. The molecule has 3 N–H and O–H groups in total. The minimum absolute atomic E-state index is 0.0975. The van der Waals surface area contributed by atoms with Gasteiger partial charge in [-0.15, -0.1) is 16.9 Å². The Bertz CT molecular complexity index is 1280. The molecule has 8 nitrogen and oxygen atoms in total. The van der Waals surface area contributed by atoms with Crippen LogP contribution in [-0.4, -0.2) is 40.9 Å². The topological polar surface area (TPSA) is 85.9 Å². The van der Waals surface area contributed by atoms with Gasteiger partial charge in [-0.2, -0.15) is 0 Å². The Morgan fingerprint density at radius 3 is 2.46 bits per heavy atom. The zero-order valence-electron chi connectivity index (χ0n) is 19.7. The van der Waals surface area contributed by atoms with Gasteiger partial charge in [-0.05, 0) is 79.4 Å². The van der Waals surface area contributed by atoms with E-state index >= 15 is 0 Å². The van der Waals surface area contributed by atoms with Crippen molar-refractivity contribution in [2.75, 3.05) is 18.4 Å². The van der Waals surface area contributed by atoms with E-state index in [0.29, 0.717) is 30.2 Å². The first kappa shape index (κ1) is 25.1. The standard InChI is InChI=1S/C26H25ClFN5O3S/c27-24-10-9-22(37-24)13-17-14-23(33(15-17)25(34)16-32-12-11-29-31-32)26(35)30-19-3-7-21(8-4-19)36-20-5-1-18(28)2-6-20/h1-12,17,23,29,31H,13-16H2,(H,30,35)/t17-,23+/m1/s1. The van der Waals surface area contributed by atoms with Crippen LogP contribution in [0.5, 0.6) is 11.5 Å². The molecule has 1 aromatic heterocycles. The number of amides is 2. The lowest BCUT2D eigenvalue weighted by Gasteiger charge is -2.26. The predicted molar refractivity (Wildman–Crippen MR) is 140 cm³/mol. The highest BCUT2D eigenvalue weighted by Gasteiger charge is 2.40. The van der Waals surface area contributed by atoms with Gasteiger partial charge in [-0.3, -0.25) is 14.6 Å². The molecule has 2 aliphatic heterocycles. The lowest BCUT2D eigenvalue weighted by atomic mass is 10.0. The molecule has 2 aromatic carbocycles. The second kappa shape index (κ2) is 11.2. The lowest BCUT2D eigenvalue weighted by Crippen LogP contribution is -2.48. The van der Waals surface area contributed by atoms with Crippen LogP contribution in [-0.2, 0) is 16.0 Å². The van der Waals surface area contributed by atoms with E-state index in [4.69, 9.17) is 16.3 Å². The Morgan fingerprint density at radius 1 is 1.08 bits per heavy atom. The molecule has 2 atom stereocenters. The summed E-state index contributed by atoms with van der Waals surface area (Å²) in [4.78, 5) is 29.3. The van der Waals surface area contributed by atoms with Crippen molar-refractivity contribution in [3.8, 4) is 11.5 Å². The van der Waals surface area contributed by atoms with Gasteiger partial charge in [0.15, 0.2) is 0 Å². The van der Waals surface area contributed by atoms with Gasteiger partial charge in [-0.1, -0.05) is 11.6 Å². The van der Waals surface area contributed by atoms with Gasteiger partial charge in [0.25, 0.3) is 0 Å². The van der Waals surface area contributed by atoms with Crippen LogP contribution in [0.1, 0.15) is 11.3 Å². The summed E-state index contributed by atoms with van der Waals surface area (Å²) in [6.07, 6.45) is 4.72. The zero-order chi connectivity index (χ0) is 25.8. The highest BCUT2D eigenvalue weighted by atomic mass is 35.5. The average molecular weight is 542 g/mol. The molecule has 5 rings (SSSR count). The molecule has 37 heavy (non-hydrogen) atoms. The zero-order valence-corrected chi connectivity index (χ0v) is 21.3. The Labute approximate surface area is 222 Å². The number of hydrogen-bond donors (Lipinski definition) is 3. The first-order chi connectivity index (χ1) is 17.9. The fourth-order valence-corrected chi connectivity index (χ4v) is 5.63. The lowest BCUT2D eigenvalue weighted by molar-refractivity contribution is -0.137. The number of nitrogens with one attached hydrogen (secondary N) is 3. The number of thiophene rings is 1. The summed E-state index contributed by atoms with van der Waals surface area (Å²) in [7, 11) is 0. The third-order valence-corrected chi connectivity index (χ3v) is 7.41. The SMILES string of the molecule is O=C(Nc1ccc(Oc2ccc(F)cc2)cc1)[C@@H]1C[C@@H](Cc2ccc(Cl)s2)CN1C(=O)CN1C=CNN1. The molecule has 0 bridgehead atoms. The number of nitrogens with zero attached hydrogens (tertiary/aromatic N) is 2. The van der Waals surface area contributed by atoms with E-state index in [-0.39, 0.29) is 30.1 Å². The molecule has 1 saturated heterocycles. The normalized spacial score (nSPS) is 18.6. The van der Waals surface area contributed by atoms with Gasteiger partial charge in [0.2, 0.25) is 11.8 Å². The number of anilines is 1. The number of ether oxygens (including phenoxy) is 1. The molecule has 2 aliphatic rings. The van der Waals surface area contributed by atoms with Crippen LogP contribution >= 0.6 is 22.9 Å². The van der Waals surface area contributed by atoms with Gasteiger partial charge in [0.05, 0.1) is 4.34 Å². The molecule has 11 heteroatoms. The van der Waals surface area contributed by atoms with Crippen molar-refractivity contribution in [1.29, 1.82) is 0 Å². The Hall–Kier alpha value is -3.60. The first-order valence-electron chi connectivity index (χ1n) is 11.8. The molecular formula is C26H25ClFN5O3S. The summed E-state index contributed by atoms with van der Waals surface area (Å²) in [5.41, 5.74) is 6.25. The van der Waals surface area contributed by atoms with Crippen molar-refractivity contribution >= 4 is 40.4 Å². The number of carbonyl (C=O) groups excluding carboxylic acids is 2. The second-order valence-corrected chi connectivity index (χ2v) is 10.6. The summed E-state index contributed by atoms with van der Waals surface area (Å²) in [6.45, 7) is 0.585. The van der Waals surface area contributed by atoms with Crippen molar-refractivity contribution in [3.63, 3.8) is 0 Å². The van der Waals surface area contributed by atoms with E-state index in [2.05, 4.69) is 16.3 Å². The van der Waals surface area contributed by atoms with E-state index in [9.17, 15) is 14.0 Å². The summed E-state index contributed by atoms with van der Waals surface area (Å²) in [5, 5.41) is 4.57.